The molecule has 0 aromatic heterocycles. The molecule has 1 unspecified atom stereocenters. The van der Waals surface area contributed by atoms with Crippen LogP contribution in [0.1, 0.15) is 12.8 Å². The number of nitrogens with two attached hydrogens (primary N) is 1. The second kappa shape index (κ2) is 7.11. The molecule has 0 saturated carbocycles. The number of carbonyl (C=O) groups excluding carboxylic acids is 1. The fourth-order valence-corrected chi connectivity index (χ4v) is 2.91. The number of likely N-dealkylation sites (tertiary alicyclic amines) is 1. The summed E-state index contributed by atoms with van der Waals surface area (Å²) in [6, 6.07) is 5.53. The van der Waals surface area contributed by atoms with Crippen molar-refractivity contribution >= 4 is 28.9 Å². The van der Waals surface area contributed by atoms with Gasteiger partial charge in [0.2, 0.25) is 5.91 Å². The van der Waals surface area contributed by atoms with Gasteiger partial charge >= 0.3 is 0 Å². The standard InChI is InChI=1S/C15H23ClN4O/c1-19(2)9-12-4-3-7-20(12)10-15(21)18-14-8-11(16)5-6-13(14)17/h5-6,8,12H,3-4,7,9-10,17H2,1-2H3,(H,18,21). The Morgan fingerprint density at radius 2 is 2.29 bits per heavy atom. The number of halogens is 1. The molecule has 0 radical (unpaired) electrons. The third-order valence-electron chi connectivity index (χ3n) is 3.71. The van der Waals surface area contributed by atoms with Crippen LogP contribution in [0.25, 0.3) is 0 Å². The Hall–Kier alpha value is -1.30. The van der Waals surface area contributed by atoms with Crippen LogP contribution in [0.4, 0.5) is 11.4 Å². The van der Waals surface area contributed by atoms with Crippen LogP contribution in [0.5, 0.6) is 0 Å². The number of nitrogens with zero attached hydrogens (tertiary/aromatic N) is 2. The van der Waals surface area contributed by atoms with E-state index in [0.29, 0.717) is 29.0 Å². The maximum Gasteiger partial charge on any atom is 0.238 e. The molecule has 1 fully saturated rings. The number of anilines is 2. The molecule has 116 valence electrons. The van der Waals surface area contributed by atoms with Gasteiger partial charge in [0.25, 0.3) is 0 Å². The molecular weight excluding hydrogens is 288 g/mol. The second-order valence-electron chi connectivity index (χ2n) is 5.81. The Kier molecular flexibility index (Phi) is 5.45. The van der Waals surface area contributed by atoms with Gasteiger partial charge in [-0.25, -0.2) is 0 Å². The minimum atomic E-state index is -0.0466. The molecule has 3 N–H and O–H groups in total. The van der Waals surface area contributed by atoms with Gasteiger partial charge in [-0.15, -0.1) is 0 Å². The van der Waals surface area contributed by atoms with Crippen LogP contribution in [0.15, 0.2) is 18.2 Å². The van der Waals surface area contributed by atoms with Crippen LogP contribution in [0.2, 0.25) is 5.02 Å². The third-order valence-corrected chi connectivity index (χ3v) is 3.95. The number of nitrogens with one attached hydrogen (secondary N) is 1. The molecule has 21 heavy (non-hydrogen) atoms. The lowest BCUT2D eigenvalue weighted by atomic mass is 10.2. The largest absolute Gasteiger partial charge is 0.397 e. The second-order valence-corrected chi connectivity index (χ2v) is 6.24. The van der Waals surface area contributed by atoms with Crippen molar-refractivity contribution in [2.24, 2.45) is 0 Å². The molecular formula is C15H23ClN4O. The molecule has 1 aromatic carbocycles. The first kappa shape index (κ1) is 16.1. The number of likely N-dealkylation sites (N-methyl/N-ethyl adjacent to an activating group) is 1. The summed E-state index contributed by atoms with van der Waals surface area (Å²) in [6.45, 7) is 2.34. The molecule has 6 heteroatoms. The molecule has 0 bridgehead atoms. The summed E-state index contributed by atoms with van der Waals surface area (Å²) in [5, 5.41) is 3.41. The lowest BCUT2D eigenvalue weighted by molar-refractivity contribution is -0.117. The van der Waals surface area contributed by atoms with E-state index >= 15 is 0 Å². The summed E-state index contributed by atoms with van der Waals surface area (Å²) in [6.07, 6.45) is 2.29. The van der Waals surface area contributed by atoms with E-state index in [2.05, 4.69) is 29.2 Å². The SMILES string of the molecule is CN(C)CC1CCCN1CC(=O)Nc1cc(Cl)ccc1N. The Bertz CT molecular complexity index is 506. The molecule has 1 atom stereocenters. The number of rotatable bonds is 5. The third kappa shape index (κ3) is 4.59. The first-order valence-electron chi connectivity index (χ1n) is 7.19. The van der Waals surface area contributed by atoms with Gasteiger partial charge in [0.15, 0.2) is 0 Å². The van der Waals surface area contributed by atoms with E-state index in [-0.39, 0.29) is 5.91 Å². The van der Waals surface area contributed by atoms with Gasteiger partial charge in [-0.1, -0.05) is 11.6 Å². The predicted octanol–water partition coefficient (Wildman–Crippen LogP) is 1.89. The van der Waals surface area contributed by atoms with Gasteiger partial charge in [-0.2, -0.15) is 0 Å². The van der Waals surface area contributed by atoms with Crippen molar-refractivity contribution in [3.8, 4) is 0 Å². The molecule has 1 amide bonds. The zero-order valence-electron chi connectivity index (χ0n) is 12.6. The molecule has 0 spiro atoms. The molecule has 2 rings (SSSR count). The molecule has 5 nitrogen and oxygen atoms in total. The zero-order chi connectivity index (χ0) is 15.4. The minimum Gasteiger partial charge on any atom is -0.397 e. The van der Waals surface area contributed by atoms with Gasteiger partial charge in [0, 0.05) is 17.6 Å². The summed E-state index contributed by atoms with van der Waals surface area (Å²) < 4.78 is 0. The van der Waals surface area contributed by atoms with Crippen molar-refractivity contribution in [2.75, 3.05) is 44.8 Å². The van der Waals surface area contributed by atoms with E-state index in [4.69, 9.17) is 17.3 Å². The van der Waals surface area contributed by atoms with Crippen molar-refractivity contribution in [2.45, 2.75) is 18.9 Å². The summed E-state index contributed by atoms with van der Waals surface area (Å²) in [4.78, 5) is 16.6. The van der Waals surface area contributed by atoms with Crippen LogP contribution in [-0.2, 0) is 4.79 Å². The first-order chi connectivity index (χ1) is 9.95. The van der Waals surface area contributed by atoms with Gasteiger partial charge in [-0.05, 0) is 51.7 Å². The highest BCUT2D eigenvalue weighted by Crippen LogP contribution is 2.23. The predicted molar refractivity (Wildman–Crippen MR) is 87.6 cm³/mol. The number of hydrogen-bond donors (Lipinski definition) is 2. The van der Waals surface area contributed by atoms with Crippen molar-refractivity contribution in [1.82, 2.24) is 9.80 Å². The summed E-state index contributed by atoms with van der Waals surface area (Å²) >= 11 is 5.93. The summed E-state index contributed by atoms with van der Waals surface area (Å²) in [5.41, 5.74) is 6.95. The normalized spacial score (nSPS) is 19.1. The molecule has 1 aromatic rings. The maximum atomic E-state index is 12.2. The van der Waals surface area contributed by atoms with Gasteiger partial charge in [0.1, 0.15) is 0 Å². The number of nitrogen functional groups attached to an aromatic ring is 1. The molecule has 0 aliphatic carbocycles. The van der Waals surface area contributed by atoms with Crippen LogP contribution in [0.3, 0.4) is 0 Å². The molecule has 1 heterocycles. The van der Waals surface area contributed by atoms with Crippen LogP contribution in [-0.4, -0.2) is 55.5 Å². The van der Waals surface area contributed by atoms with E-state index in [1.54, 1.807) is 18.2 Å². The lowest BCUT2D eigenvalue weighted by Crippen LogP contribution is -2.41. The molecule has 1 aliphatic heterocycles. The lowest BCUT2D eigenvalue weighted by Gasteiger charge is -2.26. The Morgan fingerprint density at radius 3 is 3.00 bits per heavy atom. The van der Waals surface area contributed by atoms with Crippen LogP contribution >= 0.6 is 11.6 Å². The van der Waals surface area contributed by atoms with Gasteiger partial charge < -0.3 is 16.0 Å². The van der Waals surface area contributed by atoms with Gasteiger partial charge in [-0.3, -0.25) is 9.69 Å². The van der Waals surface area contributed by atoms with Crippen LogP contribution in [0, 0.1) is 0 Å². The molecule has 1 aliphatic rings. The van der Waals surface area contributed by atoms with E-state index < -0.39 is 0 Å². The molecule has 1 saturated heterocycles. The number of hydrogen-bond acceptors (Lipinski definition) is 4. The fourth-order valence-electron chi connectivity index (χ4n) is 2.74. The highest BCUT2D eigenvalue weighted by molar-refractivity contribution is 6.31. The Balaban J connectivity index is 1.93. The quantitative estimate of drug-likeness (QED) is 0.815. The fraction of sp³-hybridized carbons (Fsp3) is 0.533. The van der Waals surface area contributed by atoms with Crippen LogP contribution < -0.4 is 11.1 Å². The maximum absolute atomic E-state index is 12.2. The zero-order valence-corrected chi connectivity index (χ0v) is 13.4. The monoisotopic (exact) mass is 310 g/mol. The summed E-state index contributed by atoms with van der Waals surface area (Å²) in [5.74, 6) is -0.0466. The van der Waals surface area contributed by atoms with Gasteiger partial charge in [0.05, 0.1) is 17.9 Å². The highest BCUT2D eigenvalue weighted by atomic mass is 35.5. The topological polar surface area (TPSA) is 61.6 Å². The average Bonchev–Trinajstić information content (AvgIpc) is 2.80. The number of amides is 1. The first-order valence-corrected chi connectivity index (χ1v) is 7.57. The average molecular weight is 311 g/mol. The van der Waals surface area contributed by atoms with E-state index in [1.807, 2.05) is 0 Å². The van der Waals surface area contributed by atoms with Crippen molar-refractivity contribution in [3.05, 3.63) is 23.2 Å². The van der Waals surface area contributed by atoms with E-state index in [0.717, 1.165) is 25.9 Å². The highest BCUT2D eigenvalue weighted by Gasteiger charge is 2.26. The Labute approximate surface area is 131 Å². The minimum absolute atomic E-state index is 0.0466. The number of benzene rings is 1. The van der Waals surface area contributed by atoms with Crippen molar-refractivity contribution in [1.29, 1.82) is 0 Å². The van der Waals surface area contributed by atoms with E-state index in [1.165, 1.54) is 0 Å². The van der Waals surface area contributed by atoms with Crippen molar-refractivity contribution < 1.29 is 4.79 Å². The summed E-state index contributed by atoms with van der Waals surface area (Å²) in [7, 11) is 4.12. The van der Waals surface area contributed by atoms with E-state index in [9.17, 15) is 4.79 Å². The smallest absolute Gasteiger partial charge is 0.238 e. The van der Waals surface area contributed by atoms with Crippen molar-refractivity contribution in [3.63, 3.8) is 0 Å². The Morgan fingerprint density at radius 1 is 1.52 bits per heavy atom. The number of carbonyl (C=O) groups is 1.